The van der Waals surface area contributed by atoms with Crippen molar-refractivity contribution in [1.29, 1.82) is 5.26 Å². The number of carbonyl (C=O) groups excluding carboxylic acids is 1. The number of carbonyl (C=O) groups is 2. The number of hydrogen-bond acceptors (Lipinski definition) is 6. The molecule has 0 radical (unpaired) electrons. The highest BCUT2D eigenvalue weighted by molar-refractivity contribution is 7.14. The Kier molecular flexibility index (Phi) is 5.27. The third-order valence-corrected chi connectivity index (χ3v) is 3.86. The van der Waals surface area contributed by atoms with Crippen LogP contribution in [0.3, 0.4) is 0 Å². The third kappa shape index (κ3) is 4.53. The summed E-state index contributed by atoms with van der Waals surface area (Å²) in [6.07, 6.45) is -0.456. The predicted molar refractivity (Wildman–Crippen MR) is 76.1 cm³/mol. The second-order valence-corrected chi connectivity index (χ2v) is 5.57. The molecule has 8 heteroatoms. The number of morpholine rings is 1. The van der Waals surface area contributed by atoms with Gasteiger partial charge in [0.1, 0.15) is 11.1 Å². The zero-order valence-electron chi connectivity index (χ0n) is 11.2. The van der Waals surface area contributed by atoms with Crippen molar-refractivity contribution in [3.63, 3.8) is 0 Å². The average Bonchev–Trinajstić information content (AvgIpc) is 2.85. The summed E-state index contributed by atoms with van der Waals surface area (Å²) in [5, 5.41) is 22.6. The molecule has 21 heavy (non-hydrogen) atoms. The van der Waals surface area contributed by atoms with E-state index in [1.54, 1.807) is 11.4 Å². The van der Waals surface area contributed by atoms with Gasteiger partial charge in [-0.1, -0.05) is 0 Å². The summed E-state index contributed by atoms with van der Waals surface area (Å²) < 4.78 is 5.35. The first kappa shape index (κ1) is 15.4. The molecule has 2 N–H and O–H groups in total. The van der Waals surface area contributed by atoms with E-state index in [2.05, 4.69) is 5.32 Å². The highest BCUT2D eigenvalue weighted by atomic mass is 32.1. The average molecular weight is 309 g/mol. The summed E-state index contributed by atoms with van der Waals surface area (Å²) in [6, 6.07) is 3.66. The maximum Gasteiger partial charge on any atom is 0.306 e. The molecule has 0 saturated carbocycles. The molecule has 0 aromatic carbocycles. The number of amides is 1. The van der Waals surface area contributed by atoms with Crippen LogP contribution in [0.2, 0.25) is 0 Å². The third-order valence-electron chi connectivity index (χ3n) is 3.03. The lowest BCUT2D eigenvalue weighted by molar-refractivity contribution is -0.142. The molecular weight excluding hydrogens is 294 g/mol. The Hall–Kier alpha value is -1.95. The van der Waals surface area contributed by atoms with Crippen molar-refractivity contribution in [3.8, 4) is 6.07 Å². The molecule has 1 amide bonds. The monoisotopic (exact) mass is 309 g/mol. The number of nitriles is 1. The van der Waals surface area contributed by atoms with Gasteiger partial charge in [0.25, 0.3) is 0 Å². The first-order valence-corrected chi connectivity index (χ1v) is 7.29. The van der Waals surface area contributed by atoms with E-state index < -0.39 is 5.97 Å². The Morgan fingerprint density at radius 1 is 1.62 bits per heavy atom. The topological polar surface area (TPSA) is 103 Å². The summed E-state index contributed by atoms with van der Waals surface area (Å²) in [5.41, 5.74) is 0.444. The normalized spacial score (nSPS) is 18.9. The van der Waals surface area contributed by atoms with Crippen molar-refractivity contribution >= 4 is 28.2 Å². The maximum atomic E-state index is 12.0. The van der Waals surface area contributed by atoms with Gasteiger partial charge in [-0.15, -0.1) is 11.3 Å². The van der Waals surface area contributed by atoms with Crippen molar-refractivity contribution in [1.82, 2.24) is 4.90 Å². The Balaban J connectivity index is 1.85. The van der Waals surface area contributed by atoms with Gasteiger partial charge in [0.2, 0.25) is 5.91 Å². The van der Waals surface area contributed by atoms with E-state index in [4.69, 9.17) is 15.1 Å². The van der Waals surface area contributed by atoms with Crippen LogP contribution in [0.5, 0.6) is 0 Å². The van der Waals surface area contributed by atoms with E-state index >= 15 is 0 Å². The zero-order valence-corrected chi connectivity index (χ0v) is 12.1. The standard InChI is InChI=1S/C13H15N3O4S/c14-6-9-1-4-21-13(9)15-11(17)8-16-2-3-20-10(7-16)5-12(18)19/h1,4,10H,2-3,5,7-8H2,(H,15,17)(H,18,19). The van der Waals surface area contributed by atoms with Gasteiger partial charge in [0, 0.05) is 13.1 Å². The van der Waals surface area contributed by atoms with Crippen molar-refractivity contribution < 1.29 is 19.4 Å². The number of carboxylic acid groups (broad SMARTS) is 1. The van der Waals surface area contributed by atoms with Crippen molar-refractivity contribution in [2.45, 2.75) is 12.5 Å². The Labute approximate surface area is 125 Å². The first-order chi connectivity index (χ1) is 10.1. The van der Waals surface area contributed by atoms with Gasteiger partial charge in [-0.05, 0) is 11.4 Å². The summed E-state index contributed by atoms with van der Waals surface area (Å²) in [6.45, 7) is 1.56. The number of rotatable bonds is 5. The molecule has 112 valence electrons. The van der Waals surface area contributed by atoms with Crippen molar-refractivity contribution in [2.24, 2.45) is 0 Å². The Morgan fingerprint density at radius 2 is 2.43 bits per heavy atom. The Bertz CT molecular complexity index is 566. The number of nitrogens with zero attached hydrogens (tertiary/aromatic N) is 2. The van der Waals surface area contributed by atoms with Gasteiger partial charge in [-0.2, -0.15) is 5.26 Å². The largest absolute Gasteiger partial charge is 0.481 e. The van der Waals surface area contributed by atoms with Gasteiger partial charge in [-0.3, -0.25) is 14.5 Å². The summed E-state index contributed by atoms with van der Waals surface area (Å²) >= 11 is 1.30. The lowest BCUT2D eigenvalue weighted by atomic mass is 10.2. The Morgan fingerprint density at radius 3 is 3.14 bits per heavy atom. The van der Waals surface area contributed by atoms with E-state index in [1.807, 2.05) is 11.0 Å². The molecule has 2 rings (SSSR count). The smallest absolute Gasteiger partial charge is 0.306 e. The first-order valence-electron chi connectivity index (χ1n) is 6.41. The van der Waals surface area contributed by atoms with Crippen LogP contribution in [-0.4, -0.2) is 54.2 Å². The molecule has 1 atom stereocenters. The van der Waals surface area contributed by atoms with Crippen LogP contribution in [0.15, 0.2) is 11.4 Å². The molecule has 2 heterocycles. The fourth-order valence-corrected chi connectivity index (χ4v) is 2.86. The number of carboxylic acids is 1. The van der Waals surface area contributed by atoms with Crippen LogP contribution in [0.25, 0.3) is 0 Å². The minimum absolute atomic E-state index is 0.0678. The number of ether oxygens (including phenoxy) is 1. The second-order valence-electron chi connectivity index (χ2n) is 4.65. The van der Waals surface area contributed by atoms with Gasteiger partial charge >= 0.3 is 5.97 Å². The molecule has 1 aliphatic rings. The number of aliphatic carboxylic acids is 1. The number of hydrogen-bond donors (Lipinski definition) is 2. The molecule has 0 bridgehead atoms. The molecule has 1 aliphatic heterocycles. The molecular formula is C13H15N3O4S. The lowest BCUT2D eigenvalue weighted by Crippen LogP contribution is -2.46. The van der Waals surface area contributed by atoms with E-state index in [0.717, 1.165) is 0 Å². The molecule has 1 fully saturated rings. The fraction of sp³-hybridized carbons (Fsp3) is 0.462. The molecule has 1 aromatic rings. The molecule has 1 aromatic heterocycles. The quantitative estimate of drug-likeness (QED) is 0.831. The minimum atomic E-state index is -0.913. The van der Waals surface area contributed by atoms with Gasteiger partial charge in [0.15, 0.2) is 0 Å². The van der Waals surface area contributed by atoms with Crippen molar-refractivity contribution in [2.75, 3.05) is 31.6 Å². The van der Waals surface area contributed by atoms with Gasteiger partial charge in [-0.25, -0.2) is 0 Å². The van der Waals surface area contributed by atoms with Crippen LogP contribution < -0.4 is 5.32 Å². The fourth-order valence-electron chi connectivity index (χ4n) is 2.11. The van der Waals surface area contributed by atoms with Crippen LogP contribution in [0, 0.1) is 11.3 Å². The molecule has 0 aliphatic carbocycles. The highest BCUT2D eigenvalue weighted by Crippen LogP contribution is 2.22. The van der Waals surface area contributed by atoms with E-state index in [0.29, 0.717) is 30.3 Å². The lowest BCUT2D eigenvalue weighted by Gasteiger charge is -2.31. The predicted octanol–water partition coefficient (Wildman–Crippen LogP) is 0.734. The number of thiophene rings is 1. The molecule has 7 nitrogen and oxygen atoms in total. The van der Waals surface area contributed by atoms with E-state index in [-0.39, 0.29) is 25.0 Å². The molecule has 1 saturated heterocycles. The second kappa shape index (κ2) is 7.17. The highest BCUT2D eigenvalue weighted by Gasteiger charge is 2.24. The van der Waals surface area contributed by atoms with E-state index in [9.17, 15) is 9.59 Å². The van der Waals surface area contributed by atoms with Crippen LogP contribution in [-0.2, 0) is 14.3 Å². The van der Waals surface area contributed by atoms with Crippen LogP contribution >= 0.6 is 11.3 Å². The van der Waals surface area contributed by atoms with Crippen LogP contribution in [0.4, 0.5) is 5.00 Å². The summed E-state index contributed by atoms with van der Waals surface area (Å²) in [4.78, 5) is 24.5. The van der Waals surface area contributed by atoms with Gasteiger partial charge < -0.3 is 15.2 Å². The number of anilines is 1. The molecule has 0 spiro atoms. The maximum absolute atomic E-state index is 12.0. The van der Waals surface area contributed by atoms with Gasteiger partial charge in [0.05, 0.1) is 31.2 Å². The van der Waals surface area contributed by atoms with Crippen molar-refractivity contribution in [3.05, 3.63) is 17.0 Å². The minimum Gasteiger partial charge on any atom is -0.481 e. The SMILES string of the molecule is N#Cc1ccsc1NC(=O)CN1CCOC(CC(=O)O)C1. The summed E-state index contributed by atoms with van der Waals surface area (Å²) in [5.74, 6) is -1.13. The van der Waals surface area contributed by atoms with Crippen LogP contribution in [0.1, 0.15) is 12.0 Å². The zero-order chi connectivity index (χ0) is 15.2. The summed E-state index contributed by atoms with van der Waals surface area (Å²) in [7, 11) is 0. The number of nitrogens with one attached hydrogen (secondary N) is 1. The molecule has 1 unspecified atom stereocenters. The van der Waals surface area contributed by atoms with E-state index in [1.165, 1.54) is 11.3 Å².